The molecule has 3 aromatic carbocycles. The topological polar surface area (TPSA) is 103 Å². The summed E-state index contributed by atoms with van der Waals surface area (Å²) in [7, 11) is 0. The number of carboxylic acid groups (broad SMARTS) is 1. The molecular weight excluding hydrogens is 452 g/mol. The second-order valence-electron chi connectivity index (χ2n) is 9.71. The molecule has 6 nitrogen and oxygen atoms in total. The summed E-state index contributed by atoms with van der Waals surface area (Å²) in [5, 5.41) is 32.5. The van der Waals surface area contributed by atoms with E-state index in [4.69, 9.17) is 9.84 Å². The minimum absolute atomic E-state index is 0.0440. The van der Waals surface area contributed by atoms with Crippen molar-refractivity contribution in [3.63, 3.8) is 0 Å². The number of carbonyl (C=O) groups is 1. The Kier molecular flexibility index (Phi) is 9.24. The van der Waals surface area contributed by atoms with Gasteiger partial charge in [0.2, 0.25) is 0 Å². The third kappa shape index (κ3) is 7.67. The van der Waals surface area contributed by atoms with Gasteiger partial charge in [-0.3, -0.25) is 0 Å². The highest BCUT2D eigenvalue weighted by Gasteiger charge is 2.19. The average molecular weight is 487 g/mol. The van der Waals surface area contributed by atoms with Crippen molar-refractivity contribution in [1.82, 2.24) is 5.32 Å². The number of benzene rings is 3. The second-order valence-corrected chi connectivity index (χ2v) is 9.71. The molecule has 0 aliphatic heterocycles. The van der Waals surface area contributed by atoms with Gasteiger partial charge in [-0.1, -0.05) is 42.5 Å². The Morgan fingerprint density at radius 2 is 1.78 bits per heavy atom. The molecule has 6 heteroatoms. The predicted octanol–water partition coefficient (Wildman–Crippen LogP) is 5.36. The van der Waals surface area contributed by atoms with E-state index >= 15 is 0 Å². The Bertz CT molecular complexity index is 1210. The molecule has 0 spiro atoms. The van der Waals surface area contributed by atoms with E-state index in [1.54, 1.807) is 30.3 Å². The maximum Gasteiger partial charge on any atom is 0.335 e. The second kappa shape index (κ2) is 12.3. The fourth-order valence-corrected chi connectivity index (χ4v) is 4.06. The maximum atomic E-state index is 11.1. The number of aromatic carboxylic acids is 1. The van der Waals surface area contributed by atoms with Gasteiger partial charge in [0.25, 0.3) is 0 Å². The van der Waals surface area contributed by atoms with Crippen molar-refractivity contribution in [2.24, 2.45) is 0 Å². The molecular formula is C30H34N2O4. The highest BCUT2D eigenvalue weighted by molar-refractivity contribution is 5.88. The first-order chi connectivity index (χ1) is 17.2. The SMILES string of the molecule is Cc1ccccc1CCCC(C)(C)NC[C@@H](O)COc1cc(-c2ccc(C(=O)O)cc2)ccc1C#N. The lowest BCUT2D eigenvalue weighted by atomic mass is 9.94. The number of nitrogens with one attached hydrogen (secondary N) is 1. The number of rotatable bonds is 12. The lowest BCUT2D eigenvalue weighted by molar-refractivity contribution is 0.0697. The normalized spacial score (nSPS) is 12.1. The van der Waals surface area contributed by atoms with Crippen molar-refractivity contribution < 1.29 is 19.7 Å². The van der Waals surface area contributed by atoms with Crippen molar-refractivity contribution in [2.75, 3.05) is 13.2 Å². The first-order valence-electron chi connectivity index (χ1n) is 12.2. The van der Waals surface area contributed by atoms with Gasteiger partial charge in [-0.05, 0) is 86.6 Å². The molecule has 0 bridgehead atoms. The molecule has 0 saturated carbocycles. The average Bonchev–Trinajstić information content (AvgIpc) is 2.87. The Hall–Kier alpha value is -3.66. The molecule has 0 saturated heterocycles. The Morgan fingerprint density at radius 3 is 2.44 bits per heavy atom. The van der Waals surface area contributed by atoms with Crippen LogP contribution in [0.3, 0.4) is 0 Å². The molecule has 3 rings (SSSR count). The zero-order valence-corrected chi connectivity index (χ0v) is 21.1. The molecule has 0 unspecified atom stereocenters. The van der Waals surface area contributed by atoms with Crippen LogP contribution in [0.2, 0.25) is 0 Å². The minimum atomic E-state index is -0.984. The van der Waals surface area contributed by atoms with Gasteiger partial charge in [-0.25, -0.2) is 4.79 Å². The van der Waals surface area contributed by atoms with Crippen molar-refractivity contribution in [3.05, 3.63) is 89.0 Å². The smallest absolute Gasteiger partial charge is 0.335 e. The summed E-state index contributed by atoms with van der Waals surface area (Å²) in [6.45, 7) is 6.81. The van der Waals surface area contributed by atoms with Crippen molar-refractivity contribution in [1.29, 1.82) is 5.26 Å². The number of hydrogen-bond donors (Lipinski definition) is 3. The minimum Gasteiger partial charge on any atom is -0.489 e. The standard InChI is InChI=1S/C30H34N2O4/c1-21-7-4-5-8-22(21)9-6-16-30(2,3)32-19-27(33)20-36-28-17-25(14-15-26(28)18-31)23-10-12-24(13-11-23)29(34)35/h4-5,7-8,10-15,17,27,32-33H,6,9,16,19-20H2,1-3H3,(H,34,35)/t27-/m1/s1. The van der Waals surface area contributed by atoms with Crippen LogP contribution < -0.4 is 10.1 Å². The number of hydrogen-bond acceptors (Lipinski definition) is 5. The number of aryl methyl sites for hydroxylation is 2. The van der Waals surface area contributed by atoms with Crippen LogP contribution in [0.1, 0.15) is 53.7 Å². The van der Waals surface area contributed by atoms with E-state index < -0.39 is 12.1 Å². The van der Waals surface area contributed by atoms with E-state index in [-0.39, 0.29) is 17.7 Å². The molecule has 188 valence electrons. The zero-order chi connectivity index (χ0) is 26.1. The summed E-state index contributed by atoms with van der Waals surface area (Å²) in [6.07, 6.45) is 2.29. The van der Waals surface area contributed by atoms with Gasteiger partial charge in [-0.2, -0.15) is 5.26 Å². The summed E-state index contributed by atoms with van der Waals surface area (Å²) in [4.78, 5) is 11.1. The van der Waals surface area contributed by atoms with Crippen LogP contribution in [0.5, 0.6) is 5.75 Å². The molecule has 1 atom stereocenters. The summed E-state index contributed by atoms with van der Waals surface area (Å²) < 4.78 is 5.82. The van der Waals surface area contributed by atoms with E-state index in [1.807, 2.05) is 0 Å². The number of β-amino-alcohol motifs (C(OH)–C–C–N with tert-alkyl or cyclic N) is 1. The number of nitrogens with zero attached hydrogens (tertiary/aromatic N) is 1. The van der Waals surface area contributed by atoms with Crippen LogP contribution in [0, 0.1) is 18.3 Å². The van der Waals surface area contributed by atoms with E-state index in [0.717, 1.165) is 30.4 Å². The van der Waals surface area contributed by atoms with Crippen molar-refractivity contribution in [3.8, 4) is 22.9 Å². The van der Waals surface area contributed by atoms with Gasteiger partial charge in [0.15, 0.2) is 0 Å². The third-order valence-electron chi connectivity index (χ3n) is 6.32. The van der Waals surface area contributed by atoms with Crippen LogP contribution >= 0.6 is 0 Å². The number of carboxylic acids is 1. The highest BCUT2D eigenvalue weighted by atomic mass is 16.5. The van der Waals surface area contributed by atoms with Crippen molar-refractivity contribution >= 4 is 5.97 Å². The molecule has 0 aromatic heterocycles. The molecule has 36 heavy (non-hydrogen) atoms. The van der Waals surface area contributed by atoms with E-state index in [1.165, 1.54) is 23.3 Å². The van der Waals surface area contributed by atoms with Crippen LogP contribution in [-0.2, 0) is 6.42 Å². The molecule has 3 N–H and O–H groups in total. The fraction of sp³-hybridized carbons (Fsp3) is 0.333. The Morgan fingerprint density at radius 1 is 1.08 bits per heavy atom. The van der Waals surface area contributed by atoms with Crippen LogP contribution in [0.4, 0.5) is 0 Å². The summed E-state index contributed by atoms with van der Waals surface area (Å²) in [5.41, 5.74) is 4.73. The molecule has 0 fully saturated rings. The first kappa shape index (κ1) is 26.9. The quantitative estimate of drug-likeness (QED) is 0.318. The molecule has 0 aliphatic carbocycles. The van der Waals surface area contributed by atoms with Gasteiger partial charge >= 0.3 is 5.97 Å². The molecule has 0 radical (unpaired) electrons. The summed E-state index contributed by atoms with van der Waals surface area (Å²) >= 11 is 0. The lowest BCUT2D eigenvalue weighted by Gasteiger charge is -2.28. The van der Waals surface area contributed by atoms with Gasteiger partial charge in [0.05, 0.1) is 11.1 Å². The predicted molar refractivity (Wildman–Crippen MR) is 141 cm³/mol. The van der Waals surface area contributed by atoms with Gasteiger partial charge in [-0.15, -0.1) is 0 Å². The zero-order valence-electron chi connectivity index (χ0n) is 21.1. The van der Waals surface area contributed by atoms with Crippen LogP contribution in [0.25, 0.3) is 11.1 Å². The largest absolute Gasteiger partial charge is 0.489 e. The molecule has 0 aliphatic rings. The van der Waals surface area contributed by atoms with E-state index in [9.17, 15) is 15.2 Å². The number of ether oxygens (including phenoxy) is 1. The van der Waals surface area contributed by atoms with Gasteiger partial charge < -0.3 is 20.3 Å². The Balaban J connectivity index is 1.52. The van der Waals surface area contributed by atoms with E-state index in [0.29, 0.717) is 17.9 Å². The van der Waals surface area contributed by atoms with Gasteiger partial charge in [0.1, 0.15) is 24.5 Å². The third-order valence-corrected chi connectivity index (χ3v) is 6.32. The first-order valence-corrected chi connectivity index (χ1v) is 12.2. The number of nitriles is 1. The molecule has 3 aromatic rings. The monoisotopic (exact) mass is 486 g/mol. The maximum absolute atomic E-state index is 11.1. The Labute approximate surface area is 213 Å². The van der Waals surface area contributed by atoms with Crippen molar-refractivity contribution in [2.45, 2.75) is 51.7 Å². The summed E-state index contributed by atoms with van der Waals surface area (Å²) in [6, 6.07) is 22.3. The summed E-state index contributed by atoms with van der Waals surface area (Å²) in [5.74, 6) is -0.601. The molecule has 0 amide bonds. The van der Waals surface area contributed by atoms with Gasteiger partial charge in [0, 0.05) is 12.1 Å². The van der Waals surface area contributed by atoms with E-state index in [2.05, 4.69) is 56.4 Å². The molecule has 0 heterocycles. The fourth-order valence-electron chi connectivity index (χ4n) is 4.06. The van der Waals surface area contributed by atoms with Crippen LogP contribution in [0.15, 0.2) is 66.7 Å². The number of aliphatic hydroxyl groups is 1. The lowest BCUT2D eigenvalue weighted by Crippen LogP contribution is -2.44. The van der Waals surface area contributed by atoms with Crippen LogP contribution in [-0.4, -0.2) is 41.0 Å². The highest BCUT2D eigenvalue weighted by Crippen LogP contribution is 2.27. The number of aliphatic hydroxyl groups excluding tert-OH is 1.